The Hall–Kier alpha value is -4.13. The van der Waals surface area contributed by atoms with E-state index in [1.54, 1.807) is 60.0 Å². The summed E-state index contributed by atoms with van der Waals surface area (Å²) in [6.07, 6.45) is 5.85. The number of hydrogen-bond donors (Lipinski definition) is 2. The van der Waals surface area contributed by atoms with E-state index in [-0.39, 0.29) is 43.3 Å². The Kier molecular flexibility index (Phi) is 7.41. The minimum atomic E-state index is -4.03. The molecule has 0 atom stereocenters. The molecule has 0 bridgehead atoms. The summed E-state index contributed by atoms with van der Waals surface area (Å²) in [5.41, 5.74) is 11.4. The van der Waals surface area contributed by atoms with Gasteiger partial charge in [0, 0.05) is 55.0 Å². The van der Waals surface area contributed by atoms with Gasteiger partial charge in [0.15, 0.2) is 0 Å². The highest BCUT2D eigenvalue weighted by Crippen LogP contribution is 2.35. The first kappa shape index (κ1) is 27.4. The van der Waals surface area contributed by atoms with Crippen molar-refractivity contribution in [1.29, 1.82) is 0 Å². The van der Waals surface area contributed by atoms with Crippen LogP contribution in [0, 0.1) is 0 Å². The number of amides is 2. The molecule has 0 saturated carbocycles. The largest absolute Gasteiger partial charge is 0.370 e. The van der Waals surface area contributed by atoms with Gasteiger partial charge in [-0.3, -0.25) is 14.6 Å². The predicted octanol–water partition coefficient (Wildman–Crippen LogP) is 2.35. The summed E-state index contributed by atoms with van der Waals surface area (Å²) in [5.74, 6) is -1.22. The summed E-state index contributed by atoms with van der Waals surface area (Å²) in [6.45, 7) is -0.0807. The van der Waals surface area contributed by atoms with E-state index in [2.05, 4.69) is 15.0 Å². The second kappa shape index (κ2) is 10.8. The number of nitrogens with zero attached hydrogens (tertiary/aromatic N) is 5. The fraction of sp³-hybridized carbons (Fsp3) is 0.222. The fourth-order valence-electron chi connectivity index (χ4n) is 5.13. The first-order valence-electron chi connectivity index (χ1n) is 12.3. The molecule has 40 heavy (non-hydrogen) atoms. The standard InChI is InChI=1S/C27H26ClN7O4S/c28-22-3-1-20-12-23(4-2-19(20)11-22)40(38,39)34-9-10-35(27(17-34,13-24(29)36)14-25(30)37)26-32-15-21(16-33-26)18-5-7-31-8-6-18/h1-8,11-12,15-16H,9-10,13-14,17H2,(H2,29,36)(H2,30,37). The number of hydrogen-bond acceptors (Lipinski definition) is 8. The molecule has 1 fully saturated rings. The number of nitrogens with two attached hydrogens (primary N) is 2. The van der Waals surface area contributed by atoms with Gasteiger partial charge in [0.05, 0.1) is 23.3 Å². The van der Waals surface area contributed by atoms with Gasteiger partial charge in [0.25, 0.3) is 0 Å². The average Bonchev–Trinajstić information content (AvgIpc) is 2.92. The van der Waals surface area contributed by atoms with Crippen molar-refractivity contribution in [3.8, 4) is 11.1 Å². The zero-order valence-corrected chi connectivity index (χ0v) is 22.8. The Bertz CT molecular complexity index is 1670. The molecule has 0 aliphatic carbocycles. The van der Waals surface area contributed by atoms with Crippen molar-refractivity contribution in [3.05, 3.63) is 78.3 Å². The molecule has 5 rings (SSSR count). The lowest BCUT2D eigenvalue weighted by Gasteiger charge is -2.49. The number of benzene rings is 2. The molecule has 2 aromatic carbocycles. The van der Waals surface area contributed by atoms with Gasteiger partial charge in [-0.2, -0.15) is 4.31 Å². The van der Waals surface area contributed by atoms with Crippen LogP contribution in [-0.4, -0.2) is 64.7 Å². The fourth-order valence-corrected chi connectivity index (χ4v) is 6.86. The number of halogens is 1. The van der Waals surface area contributed by atoms with Gasteiger partial charge in [-0.25, -0.2) is 18.4 Å². The molecule has 1 aliphatic rings. The van der Waals surface area contributed by atoms with Crippen LogP contribution in [0.4, 0.5) is 5.95 Å². The lowest BCUT2D eigenvalue weighted by molar-refractivity contribution is -0.121. The van der Waals surface area contributed by atoms with E-state index in [4.69, 9.17) is 23.1 Å². The van der Waals surface area contributed by atoms with Gasteiger partial charge in [-0.15, -0.1) is 0 Å². The molecule has 2 amide bonds. The number of primary amides is 2. The second-order valence-electron chi connectivity index (χ2n) is 9.66. The molecule has 1 aliphatic heterocycles. The monoisotopic (exact) mass is 579 g/mol. The first-order valence-corrected chi connectivity index (χ1v) is 14.2. The number of anilines is 1. The van der Waals surface area contributed by atoms with Crippen LogP contribution in [0.2, 0.25) is 5.02 Å². The molecule has 1 saturated heterocycles. The first-order chi connectivity index (χ1) is 19.1. The van der Waals surface area contributed by atoms with Crippen molar-refractivity contribution < 1.29 is 18.0 Å². The van der Waals surface area contributed by atoms with Crippen LogP contribution in [0.15, 0.2) is 78.2 Å². The molecule has 2 aromatic heterocycles. The van der Waals surface area contributed by atoms with Crippen LogP contribution in [0.1, 0.15) is 12.8 Å². The van der Waals surface area contributed by atoms with E-state index in [1.807, 2.05) is 12.1 Å². The van der Waals surface area contributed by atoms with Crippen molar-refractivity contribution >= 4 is 50.2 Å². The maximum Gasteiger partial charge on any atom is 0.243 e. The van der Waals surface area contributed by atoms with Gasteiger partial charge in [-0.1, -0.05) is 23.7 Å². The SMILES string of the molecule is NC(=O)CC1(CC(N)=O)CN(S(=O)(=O)c2ccc3cc(Cl)ccc3c2)CCN1c1ncc(-c2ccncc2)cn1. The van der Waals surface area contributed by atoms with Gasteiger partial charge >= 0.3 is 0 Å². The molecule has 4 aromatic rings. The highest BCUT2D eigenvalue weighted by Gasteiger charge is 2.48. The Labute approximate surface area is 235 Å². The van der Waals surface area contributed by atoms with E-state index >= 15 is 0 Å². The summed E-state index contributed by atoms with van der Waals surface area (Å²) in [6, 6.07) is 13.6. The van der Waals surface area contributed by atoms with E-state index in [9.17, 15) is 18.0 Å². The predicted molar refractivity (Wildman–Crippen MR) is 151 cm³/mol. The molecule has 11 nitrogen and oxygen atoms in total. The maximum atomic E-state index is 13.8. The highest BCUT2D eigenvalue weighted by molar-refractivity contribution is 7.89. The topological polar surface area (TPSA) is 165 Å². The normalized spacial score (nSPS) is 15.7. The van der Waals surface area contributed by atoms with Gasteiger partial charge in [-0.05, 0) is 52.7 Å². The van der Waals surface area contributed by atoms with Crippen molar-refractivity contribution in [3.63, 3.8) is 0 Å². The summed E-state index contributed by atoms with van der Waals surface area (Å²) < 4.78 is 28.9. The number of carbonyl (C=O) groups is 2. The Balaban J connectivity index is 1.52. The number of rotatable bonds is 8. The molecule has 4 N–H and O–H groups in total. The quantitative estimate of drug-likeness (QED) is 0.321. The maximum absolute atomic E-state index is 13.8. The number of piperazine rings is 1. The molecule has 13 heteroatoms. The summed E-state index contributed by atoms with van der Waals surface area (Å²) in [5, 5.41) is 2.03. The second-order valence-corrected chi connectivity index (χ2v) is 12.0. The van der Waals surface area contributed by atoms with Crippen LogP contribution in [0.25, 0.3) is 21.9 Å². The molecular weight excluding hydrogens is 554 g/mol. The van der Waals surface area contributed by atoms with Crippen LogP contribution in [-0.2, 0) is 19.6 Å². The summed E-state index contributed by atoms with van der Waals surface area (Å²) >= 11 is 6.07. The molecular formula is C27H26ClN7O4S. The molecule has 0 spiro atoms. The summed E-state index contributed by atoms with van der Waals surface area (Å²) in [4.78, 5) is 39.3. The molecule has 3 heterocycles. The van der Waals surface area contributed by atoms with Crippen LogP contribution >= 0.6 is 11.6 Å². The van der Waals surface area contributed by atoms with Crippen LogP contribution in [0.5, 0.6) is 0 Å². The minimum Gasteiger partial charge on any atom is -0.370 e. The Morgan fingerprint density at radius 2 is 1.50 bits per heavy atom. The molecule has 0 unspecified atom stereocenters. The van der Waals surface area contributed by atoms with E-state index in [1.165, 1.54) is 10.4 Å². The summed E-state index contributed by atoms with van der Waals surface area (Å²) in [7, 11) is -4.03. The van der Waals surface area contributed by atoms with Crippen molar-refractivity contribution in [2.75, 3.05) is 24.5 Å². The smallest absolute Gasteiger partial charge is 0.243 e. The van der Waals surface area contributed by atoms with Crippen molar-refractivity contribution in [2.24, 2.45) is 11.5 Å². The third-order valence-electron chi connectivity index (χ3n) is 6.93. The Morgan fingerprint density at radius 1 is 0.875 bits per heavy atom. The number of aromatic nitrogens is 3. The number of pyridine rings is 1. The van der Waals surface area contributed by atoms with E-state index in [0.29, 0.717) is 10.4 Å². The number of fused-ring (bicyclic) bond motifs is 1. The van der Waals surface area contributed by atoms with Gasteiger partial charge in [0.2, 0.25) is 27.8 Å². The zero-order valence-electron chi connectivity index (χ0n) is 21.3. The van der Waals surface area contributed by atoms with Crippen LogP contribution in [0.3, 0.4) is 0 Å². The minimum absolute atomic E-state index is 0.0513. The van der Waals surface area contributed by atoms with E-state index < -0.39 is 27.4 Å². The number of carbonyl (C=O) groups excluding carboxylic acids is 2. The lowest BCUT2D eigenvalue weighted by atomic mass is 9.86. The van der Waals surface area contributed by atoms with Crippen LogP contribution < -0.4 is 16.4 Å². The van der Waals surface area contributed by atoms with Crippen molar-refractivity contribution in [1.82, 2.24) is 19.3 Å². The molecule has 206 valence electrons. The average molecular weight is 580 g/mol. The van der Waals surface area contributed by atoms with E-state index in [0.717, 1.165) is 16.5 Å². The molecule has 0 radical (unpaired) electrons. The van der Waals surface area contributed by atoms with Crippen molar-refractivity contribution in [2.45, 2.75) is 23.3 Å². The third kappa shape index (κ3) is 5.46. The highest BCUT2D eigenvalue weighted by atomic mass is 35.5. The zero-order chi connectivity index (χ0) is 28.5. The number of sulfonamides is 1. The lowest BCUT2D eigenvalue weighted by Crippen LogP contribution is -2.66. The third-order valence-corrected chi connectivity index (χ3v) is 9.00. The van der Waals surface area contributed by atoms with Gasteiger partial charge < -0.3 is 16.4 Å². The Morgan fingerprint density at radius 3 is 2.15 bits per heavy atom. The van der Waals surface area contributed by atoms with Gasteiger partial charge in [0.1, 0.15) is 0 Å².